The molecule has 5 rings (SSSR count). The van der Waals surface area contributed by atoms with Crippen molar-refractivity contribution in [1.82, 2.24) is 19.7 Å². The molecule has 0 radical (unpaired) electrons. The minimum absolute atomic E-state index is 0.144. The summed E-state index contributed by atoms with van der Waals surface area (Å²) >= 11 is 1.49. The zero-order valence-corrected chi connectivity index (χ0v) is 17.9. The van der Waals surface area contributed by atoms with Crippen LogP contribution >= 0.6 is 11.8 Å². The van der Waals surface area contributed by atoms with E-state index in [1.165, 1.54) is 49.4 Å². The maximum atomic E-state index is 12.8. The zero-order chi connectivity index (χ0) is 20.3. The number of aromatic nitrogens is 4. The van der Waals surface area contributed by atoms with Gasteiger partial charge in [0.1, 0.15) is 0 Å². The van der Waals surface area contributed by atoms with E-state index < -0.39 is 0 Å². The molecule has 0 amide bonds. The van der Waals surface area contributed by atoms with Gasteiger partial charge in [0.05, 0.1) is 5.75 Å². The average Bonchev–Trinajstić information content (AvgIpc) is 3.57. The molecule has 0 bridgehead atoms. The molecule has 0 aliphatic heterocycles. The molecule has 3 aromatic rings. The number of ketones is 1. The maximum Gasteiger partial charge on any atom is 0.192 e. The van der Waals surface area contributed by atoms with Gasteiger partial charge in [0.25, 0.3) is 0 Å². The molecule has 2 aromatic heterocycles. The lowest BCUT2D eigenvalue weighted by Gasteiger charge is -2.22. The molecule has 6 heteroatoms. The summed E-state index contributed by atoms with van der Waals surface area (Å²) in [6.07, 6.45) is 12.4. The molecule has 30 heavy (non-hydrogen) atoms. The fourth-order valence-corrected chi connectivity index (χ4v) is 5.23. The standard InChI is InChI=1S/C24H26N4OS/c29-22(19-8-6-18(7-9-19)17-4-2-1-3-5-17)16-30-24-27-26-23(28(24)21-10-11-21)20-12-14-25-15-13-20/h6-9,12-15,17,21H,1-5,10-11,16H2. The Bertz CT molecular complexity index is 1010. The first kappa shape index (κ1) is 19.5. The summed E-state index contributed by atoms with van der Waals surface area (Å²) in [6, 6.07) is 12.7. The van der Waals surface area contributed by atoms with Gasteiger partial charge < -0.3 is 0 Å². The summed E-state index contributed by atoms with van der Waals surface area (Å²) in [5.74, 6) is 2.06. The van der Waals surface area contributed by atoms with Crippen molar-refractivity contribution in [3.8, 4) is 11.4 Å². The predicted octanol–water partition coefficient (Wildman–Crippen LogP) is 5.70. The summed E-state index contributed by atoms with van der Waals surface area (Å²) in [4.78, 5) is 16.9. The molecule has 1 aromatic carbocycles. The van der Waals surface area contributed by atoms with E-state index in [1.54, 1.807) is 12.4 Å². The number of hydrogen-bond donors (Lipinski definition) is 0. The fourth-order valence-electron chi connectivity index (χ4n) is 4.33. The van der Waals surface area contributed by atoms with E-state index in [9.17, 15) is 4.79 Å². The molecular weight excluding hydrogens is 392 g/mol. The number of hydrogen-bond acceptors (Lipinski definition) is 5. The first-order valence-electron chi connectivity index (χ1n) is 10.9. The van der Waals surface area contributed by atoms with Crippen LogP contribution in [0.15, 0.2) is 53.9 Å². The second-order valence-corrected chi connectivity index (χ2v) is 9.25. The highest BCUT2D eigenvalue weighted by molar-refractivity contribution is 7.99. The molecule has 2 aliphatic carbocycles. The van der Waals surface area contributed by atoms with E-state index in [0.29, 0.717) is 17.7 Å². The summed E-state index contributed by atoms with van der Waals surface area (Å²) < 4.78 is 2.19. The minimum Gasteiger partial charge on any atom is -0.299 e. The quantitative estimate of drug-likeness (QED) is 0.364. The van der Waals surface area contributed by atoms with Crippen molar-refractivity contribution in [2.24, 2.45) is 0 Å². The Balaban J connectivity index is 1.27. The van der Waals surface area contributed by atoms with Crippen molar-refractivity contribution in [2.75, 3.05) is 5.75 Å². The molecule has 0 atom stereocenters. The lowest BCUT2D eigenvalue weighted by Crippen LogP contribution is -2.07. The first-order valence-corrected chi connectivity index (χ1v) is 11.9. The molecule has 2 fully saturated rings. The highest BCUT2D eigenvalue weighted by atomic mass is 32.2. The van der Waals surface area contributed by atoms with E-state index in [-0.39, 0.29) is 5.78 Å². The van der Waals surface area contributed by atoms with Crippen molar-refractivity contribution in [3.63, 3.8) is 0 Å². The molecule has 0 N–H and O–H groups in total. The van der Waals surface area contributed by atoms with E-state index in [1.807, 2.05) is 24.3 Å². The second kappa shape index (κ2) is 8.72. The number of rotatable bonds is 7. The van der Waals surface area contributed by atoms with Gasteiger partial charge in [0.2, 0.25) is 0 Å². The molecule has 154 valence electrons. The lowest BCUT2D eigenvalue weighted by atomic mass is 9.84. The van der Waals surface area contributed by atoms with Gasteiger partial charge in [-0.25, -0.2) is 0 Å². The van der Waals surface area contributed by atoms with Crippen LogP contribution in [0.1, 0.15) is 72.8 Å². The second-order valence-electron chi connectivity index (χ2n) is 8.31. The van der Waals surface area contributed by atoms with Crippen molar-refractivity contribution >= 4 is 17.5 Å². The summed E-state index contributed by atoms with van der Waals surface area (Å²) in [5, 5.41) is 9.64. The van der Waals surface area contributed by atoms with Crippen LogP contribution in [-0.2, 0) is 0 Å². The molecule has 5 nitrogen and oxygen atoms in total. The first-order chi connectivity index (χ1) is 14.8. The zero-order valence-electron chi connectivity index (χ0n) is 17.0. The van der Waals surface area contributed by atoms with Crippen LogP contribution < -0.4 is 0 Å². The van der Waals surface area contributed by atoms with E-state index in [4.69, 9.17) is 0 Å². The van der Waals surface area contributed by atoms with Crippen molar-refractivity contribution in [1.29, 1.82) is 0 Å². The van der Waals surface area contributed by atoms with Crippen molar-refractivity contribution in [3.05, 3.63) is 59.9 Å². The van der Waals surface area contributed by atoms with Gasteiger partial charge in [-0.3, -0.25) is 14.3 Å². The fraction of sp³-hybridized carbons (Fsp3) is 0.417. The maximum absolute atomic E-state index is 12.8. The predicted molar refractivity (Wildman–Crippen MR) is 119 cm³/mol. The number of pyridine rings is 1. The summed E-state index contributed by atoms with van der Waals surface area (Å²) in [6.45, 7) is 0. The van der Waals surface area contributed by atoms with Crippen molar-refractivity contribution in [2.45, 2.75) is 62.1 Å². The molecule has 2 heterocycles. The Morgan fingerprint density at radius 2 is 1.67 bits per heavy atom. The van der Waals surface area contributed by atoms with Crippen LogP contribution in [0.2, 0.25) is 0 Å². The molecule has 0 saturated heterocycles. The van der Waals surface area contributed by atoms with Crippen LogP contribution in [0.5, 0.6) is 0 Å². The van der Waals surface area contributed by atoms with Gasteiger partial charge in [-0.1, -0.05) is 55.3 Å². The van der Waals surface area contributed by atoms with Crippen LogP contribution in [0.3, 0.4) is 0 Å². The third-order valence-electron chi connectivity index (χ3n) is 6.16. The average molecular weight is 419 g/mol. The number of thioether (sulfide) groups is 1. The lowest BCUT2D eigenvalue weighted by molar-refractivity contribution is 0.102. The number of nitrogens with zero attached hydrogens (tertiary/aromatic N) is 4. The Hall–Kier alpha value is -2.47. The van der Waals surface area contributed by atoms with Crippen LogP contribution in [0, 0.1) is 0 Å². The number of benzene rings is 1. The third kappa shape index (κ3) is 4.19. The van der Waals surface area contributed by atoms with Crippen LogP contribution in [-0.4, -0.2) is 31.3 Å². The Morgan fingerprint density at radius 3 is 2.37 bits per heavy atom. The topological polar surface area (TPSA) is 60.7 Å². The summed E-state index contributed by atoms with van der Waals surface area (Å²) in [5.41, 5.74) is 3.18. The minimum atomic E-state index is 0.144. The summed E-state index contributed by atoms with van der Waals surface area (Å²) in [7, 11) is 0. The van der Waals surface area contributed by atoms with Gasteiger partial charge >= 0.3 is 0 Å². The van der Waals surface area contributed by atoms with Gasteiger partial charge in [0.15, 0.2) is 16.8 Å². The van der Waals surface area contributed by atoms with Crippen LogP contribution in [0.4, 0.5) is 0 Å². The molecule has 0 unspecified atom stereocenters. The van der Waals surface area contributed by atoms with Gasteiger partial charge in [-0.2, -0.15) is 0 Å². The van der Waals surface area contributed by atoms with E-state index >= 15 is 0 Å². The van der Waals surface area contributed by atoms with Gasteiger partial charge in [-0.15, -0.1) is 10.2 Å². The van der Waals surface area contributed by atoms with Gasteiger partial charge in [0, 0.05) is 29.6 Å². The molecule has 0 spiro atoms. The third-order valence-corrected chi connectivity index (χ3v) is 7.10. The number of carbonyl (C=O) groups excluding carboxylic acids is 1. The Kier molecular flexibility index (Phi) is 5.67. The number of carbonyl (C=O) groups is 1. The Labute approximate surface area is 181 Å². The van der Waals surface area contributed by atoms with Gasteiger partial charge in [-0.05, 0) is 49.3 Å². The monoisotopic (exact) mass is 418 g/mol. The largest absolute Gasteiger partial charge is 0.299 e. The molecular formula is C24H26N4OS. The van der Waals surface area contributed by atoms with E-state index in [0.717, 1.165) is 34.9 Å². The highest BCUT2D eigenvalue weighted by Gasteiger charge is 2.30. The highest BCUT2D eigenvalue weighted by Crippen LogP contribution is 2.41. The smallest absolute Gasteiger partial charge is 0.192 e. The normalized spacial score (nSPS) is 17.2. The SMILES string of the molecule is O=C(CSc1nnc(-c2ccncc2)n1C1CC1)c1ccc(C2CCCCC2)cc1. The van der Waals surface area contributed by atoms with Crippen LogP contribution in [0.25, 0.3) is 11.4 Å². The Morgan fingerprint density at radius 1 is 0.933 bits per heavy atom. The molecule has 2 saturated carbocycles. The van der Waals surface area contributed by atoms with Crippen molar-refractivity contribution < 1.29 is 4.79 Å². The van der Waals surface area contributed by atoms with E-state index in [2.05, 4.69) is 31.9 Å². The molecule has 2 aliphatic rings. The number of Topliss-reactive ketones (excluding diaryl/α,β-unsaturated/α-hetero) is 1.